The summed E-state index contributed by atoms with van der Waals surface area (Å²) < 4.78 is 0.714. The molecule has 0 radical (unpaired) electrons. The maximum atomic E-state index is 12.1. The van der Waals surface area contributed by atoms with Gasteiger partial charge in [0.15, 0.2) is 0 Å². The monoisotopic (exact) mass is 363 g/mol. The predicted molar refractivity (Wildman–Crippen MR) is 82.5 cm³/mol. The molecule has 0 spiro atoms. The molecule has 7 heteroatoms. The minimum absolute atomic E-state index is 0.0993. The first-order valence-electron chi connectivity index (χ1n) is 6.05. The standard InChI is InChI=1S/C15H10BrNO5/c16-11-3-1-2-8(5-11)13(18)17-12-6-9(14(19)20)4-10(7-12)15(21)22/h1-7H,(H,17,18)(H,19,20)(H,21,22). The van der Waals surface area contributed by atoms with E-state index in [0.29, 0.717) is 10.0 Å². The zero-order chi connectivity index (χ0) is 16.3. The van der Waals surface area contributed by atoms with Crippen LogP contribution in [-0.2, 0) is 0 Å². The number of rotatable bonds is 4. The number of anilines is 1. The summed E-state index contributed by atoms with van der Waals surface area (Å²) in [7, 11) is 0. The number of carboxylic acid groups (broad SMARTS) is 2. The highest BCUT2D eigenvalue weighted by Crippen LogP contribution is 2.18. The molecule has 6 nitrogen and oxygen atoms in total. The van der Waals surface area contributed by atoms with Crippen molar-refractivity contribution in [3.63, 3.8) is 0 Å². The molecule has 0 aliphatic rings. The molecule has 112 valence electrons. The lowest BCUT2D eigenvalue weighted by atomic mass is 10.1. The SMILES string of the molecule is O=C(O)c1cc(NC(=O)c2cccc(Br)c2)cc(C(=O)O)c1. The van der Waals surface area contributed by atoms with Crippen molar-refractivity contribution < 1.29 is 24.6 Å². The van der Waals surface area contributed by atoms with Crippen molar-refractivity contribution in [2.24, 2.45) is 0 Å². The van der Waals surface area contributed by atoms with Crippen LogP contribution in [-0.4, -0.2) is 28.1 Å². The molecule has 0 saturated carbocycles. The second kappa shape index (κ2) is 6.40. The molecule has 1 amide bonds. The van der Waals surface area contributed by atoms with Gasteiger partial charge >= 0.3 is 11.9 Å². The van der Waals surface area contributed by atoms with E-state index < -0.39 is 17.8 Å². The van der Waals surface area contributed by atoms with Gasteiger partial charge in [-0.2, -0.15) is 0 Å². The maximum Gasteiger partial charge on any atom is 0.335 e. The Bertz CT molecular complexity index is 740. The molecule has 0 unspecified atom stereocenters. The molecule has 0 aliphatic carbocycles. The van der Waals surface area contributed by atoms with E-state index in [1.165, 1.54) is 12.1 Å². The van der Waals surface area contributed by atoms with Gasteiger partial charge in [-0.25, -0.2) is 9.59 Å². The highest BCUT2D eigenvalue weighted by molar-refractivity contribution is 9.10. The lowest BCUT2D eigenvalue weighted by Crippen LogP contribution is -2.13. The number of carbonyl (C=O) groups is 3. The van der Waals surface area contributed by atoms with Gasteiger partial charge in [-0.15, -0.1) is 0 Å². The predicted octanol–water partition coefficient (Wildman–Crippen LogP) is 3.10. The van der Waals surface area contributed by atoms with Crippen LogP contribution in [0.2, 0.25) is 0 Å². The molecule has 0 atom stereocenters. The zero-order valence-electron chi connectivity index (χ0n) is 11.0. The van der Waals surface area contributed by atoms with Gasteiger partial charge in [0.1, 0.15) is 0 Å². The first-order valence-corrected chi connectivity index (χ1v) is 6.84. The zero-order valence-corrected chi connectivity index (χ0v) is 12.6. The van der Waals surface area contributed by atoms with Crippen molar-refractivity contribution in [2.45, 2.75) is 0 Å². The second-order valence-corrected chi connectivity index (χ2v) is 5.29. The Kier molecular flexibility index (Phi) is 4.57. The summed E-state index contributed by atoms with van der Waals surface area (Å²) in [5, 5.41) is 20.5. The van der Waals surface area contributed by atoms with Crippen LogP contribution in [0.3, 0.4) is 0 Å². The molecule has 2 aromatic rings. The van der Waals surface area contributed by atoms with E-state index in [2.05, 4.69) is 21.2 Å². The van der Waals surface area contributed by atoms with Gasteiger partial charge in [0.2, 0.25) is 0 Å². The highest BCUT2D eigenvalue weighted by atomic mass is 79.9. The molecular formula is C15H10BrNO5. The van der Waals surface area contributed by atoms with Crippen molar-refractivity contribution in [1.29, 1.82) is 0 Å². The Labute approximate surface area is 133 Å². The molecule has 0 saturated heterocycles. The number of benzene rings is 2. The summed E-state index contributed by atoms with van der Waals surface area (Å²) in [6.07, 6.45) is 0. The first-order chi connectivity index (χ1) is 10.4. The minimum atomic E-state index is -1.28. The number of hydrogen-bond donors (Lipinski definition) is 3. The molecule has 0 fully saturated rings. The van der Waals surface area contributed by atoms with Crippen molar-refractivity contribution in [3.05, 3.63) is 63.6 Å². The number of carboxylic acids is 2. The number of halogens is 1. The summed E-state index contributed by atoms with van der Waals surface area (Å²) in [6.45, 7) is 0. The number of aromatic carboxylic acids is 2. The fourth-order valence-electron chi connectivity index (χ4n) is 1.78. The fourth-order valence-corrected chi connectivity index (χ4v) is 2.18. The van der Waals surface area contributed by atoms with Gasteiger partial charge in [0, 0.05) is 15.7 Å². The van der Waals surface area contributed by atoms with Gasteiger partial charge in [-0.05, 0) is 36.4 Å². The molecule has 0 heterocycles. The number of hydrogen-bond acceptors (Lipinski definition) is 3. The molecule has 0 aliphatic heterocycles. The van der Waals surface area contributed by atoms with E-state index in [1.54, 1.807) is 24.3 Å². The lowest BCUT2D eigenvalue weighted by molar-refractivity contribution is 0.0696. The van der Waals surface area contributed by atoms with Crippen LogP contribution in [0.25, 0.3) is 0 Å². The summed E-state index contributed by atoms with van der Waals surface area (Å²) in [6, 6.07) is 10.0. The van der Waals surface area contributed by atoms with E-state index in [-0.39, 0.29) is 16.8 Å². The topological polar surface area (TPSA) is 104 Å². The molecule has 0 aromatic heterocycles. The van der Waals surface area contributed by atoms with E-state index in [9.17, 15) is 14.4 Å². The van der Waals surface area contributed by atoms with Crippen LogP contribution in [0.4, 0.5) is 5.69 Å². The van der Waals surface area contributed by atoms with E-state index in [0.717, 1.165) is 6.07 Å². The Hall–Kier alpha value is -2.67. The molecule has 2 aromatic carbocycles. The highest BCUT2D eigenvalue weighted by Gasteiger charge is 2.13. The Morgan fingerprint density at radius 2 is 1.45 bits per heavy atom. The van der Waals surface area contributed by atoms with Gasteiger partial charge in [0.05, 0.1) is 11.1 Å². The number of amides is 1. The summed E-state index contributed by atoms with van der Waals surface area (Å²) in [5.74, 6) is -3.03. The van der Waals surface area contributed by atoms with E-state index in [4.69, 9.17) is 10.2 Å². The van der Waals surface area contributed by atoms with Crippen LogP contribution in [0.5, 0.6) is 0 Å². The minimum Gasteiger partial charge on any atom is -0.478 e. The average Bonchev–Trinajstić information content (AvgIpc) is 2.46. The van der Waals surface area contributed by atoms with Crippen LogP contribution in [0.15, 0.2) is 46.9 Å². The Balaban J connectivity index is 2.34. The van der Waals surface area contributed by atoms with Gasteiger partial charge in [0.25, 0.3) is 5.91 Å². The Morgan fingerprint density at radius 1 is 0.864 bits per heavy atom. The number of carbonyl (C=O) groups excluding carboxylic acids is 1. The van der Waals surface area contributed by atoms with Crippen molar-refractivity contribution in [3.8, 4) is 0 Å². The smallest absolute Gasteiger partial charge is 0.335 e. The van der Waals surface area contributed by atoms with E-state index in [1.807, 2.05) is 0 Å². The van der Waals surface area contributed by atoms with Crippen LogP contribution < -0.4 is 5.32 Å². The van der Waals surface area contributed by atoms with Crippen LogP contribution in [0, 0.1) is 0 Å². The van der Waals surface area contributed by atoms with E-state index >= 15 is 0 Å². The quantitative estimate of drug-likeness (QED) is 0.774. The molecule has 0 bridgehead atoms. The third kappa shape index (κ3) is 3.70. The van der Waals surface area contributed by atoms with Crippen molar-refractivity contribution in [1.82, 2.24) is 0 Å². The molecule has 2 rings (SSSR count). The summed E-state index contributed by atoms with van der Waals surface area (Å²) in [5.41, 5.74) is 0.0168. The largest absolute Gasteiger partial charge is 0.478 e. The lowest BCUT2D eigenvalue weighted by Gasteiger charge is -2.08. The van der Waals surface area contributed by atoms with Crippen LogP contribution in [0.1, 0.15) is 31.1 Å². The third-order valence-corrected chi connectivity index (χ3v) is 3.26. The second-order valence-electron chi connectivity index (χ2n) is 4.37. The van der Waals surface area contributed by atoms with Crippen molar-refractivity contribution in [2.75, 3.05) is 5.32 Å². The fraction of sp³-hybridized carbons (Fsp3) is 0. The van der Waals surface area contributed by atoms with Gasteiger partial charge in [-0.1, -0.05) is 22.0 Å². The van der Waals surface area contributed by atoms with Crippen LogP contribution >= 0.6 is 15.9 Å². The maximum absolute atomic E-state index is 12.1. The Morgan fingerprint density at radius 3 is 1.95 bits per heavy atom. The molecule has 3 N–H and O–H groups in total. The summed E-state index contributed by atoms with van der Waals surface area (Å²) in [4.78, 5) is 34.1. The summed E-state index contributed by atoms with van der Waals surface area (Å²) >= 11 is 3.24. The van der Waals surface area contributed by atoms with Gasteiger partial charge in [-0.3, -0.25) is 4.79 Å². The molecular weight excluding hydrogens is 354 g/mol. The normalized spacial score (nSPS) is 10.0. The van der Waals surface area contributed by atoms with Crippen molar-refractivity contribution >= 4 is 39.5 Å². The average molecular weight is 364 g/mol. The first kappa shape index (κ1) is 15.7. The third-order valence-electron chi connectivity index (χ3n) is 2.77. The molecule has 22 heavy (non-hydrogen) atoms. The van der Waals surface area contributed by atoms with Gasteiger partial charge < -0.3 is 15.5 Å². The number of nitrogens with one attached hydrogen (secondary N) is 1.